The van der Waals surface area contributed by atoms with Crippen LogP contribution >= 0.6 is 15.9 Å². The van der Waals surface area contributed by atoms with E-state index in [0.29, 0.717) is 11.1 Å². The highest BCUT2D eigenvalue weighted by Gasteiger charge is 2.21. The lowest BCUT2D eigenvalue weighted by molar-refractivity contribution is 0.0993. The number of benzene rings is 2. The molecule has 100 valence electrons. The maximum Gasteiger partial charge on any atom is 0.183 e. The molecule has 0 spiro atoms. The van der Waals surface area contributed by atoms with Crippen molar-refractivity contribution in [2.45, 2.75) is 4.83 Å². The molecule has 0 aliphatic rings. The van der Waals surface area contributed by atoms with Crippen LogP contribution in [0.2, 0.25) is 0 Å². The first-order valence-corrected chi connectivity index (χ1v) is 7.08. The molecule has 0 saturated heterocycles. The second-order valence-corrected chi connectivity index (χ2v) is 5.45. The first kappa shape index (κ1) is 13.1. The third kappa shape index (κ3) is 2.27. The molecule has 1 atom stereocenters. The zero-order chi connectivity index (χ0) is 14.1. The Morgan fingerprint density at radius 1 is 1.15 bits per heavy atom. The predicted octanol–water partition coefficient (Wildman–Crippen LogP) is 4.63. The van der Waals surface area contributed by atoms with E-state index in [2.05, 4.69) is 20.9 Å². The molecule has 0 radical (unpaired) electrons. The van der Waals surface area contributed by atoms with E-state index in [4.69, 9.17) is 0 Å². The van der Waals surface area contributed by atoms with E-state index >= 15 is 0 Å². The molecule has 0 aliphatic heterocycles. The number of aromatic nitrogens is 1. The molecule has 3 aromatic rings. The third-order valence-electron chi connectivity index (χ3n) is 3.23. The Hall–Kier alpha value is -1.94. The number of aromatic amines is 1. The standard InChI is InChI=1S/C16H11BrFNO/c17-15(10-4-3-5-11(18)8-10)16(20)13-9-19-14-7-2-1-6-12(13)14/h1-9,15,19H. The molecule has 20 heavy (non-hydrogen) atoms. The molecule has 0 fully saturated rings. The normalized spacial score (nSPS) is 12.5. The lowest BCUT2D eigenvalue weighted by atomic mass is 10.0. The molecule has 2 nitrogen and oxygen atoms in total. The molecule has 0 aliphatic carbocycles. The van der Waals surface area contributed by atoms with E-state index < -0.39 is 4.83 Å². The molecule has 4 heteroatoms. The minimum Gasteiger partial charge on any atom is -0.360 e. The van der Waals surface area contributed by atoms with Crippen molar-refractivity contribution in [1.82, 2.24) is 4.98 Å². The van der Waals surface area contributed by atoms with Crippen LogP contribution in [0.15, 0.2) is 54.7 Å². The van der Waals surface area contributed by atoms with Gasteiger partial charge in [-0.2, -0.15) is 0 Å². The summed E-state index contributed by atoms with van der Waals surface area (Å²) in [4.78, 5) is 15.1. The van der Waals surface area contributed by atoms with Gasteiger partial charge in [0.15, 0.2) is 5.78 Å². The Bertz CT molecular complexity index is 781. The second kappa shape index (κ2) is 5.21. The minimum atomic E-state index is -0.558. The monoisotopic (exact) mass is 331 g/mol. The van der Waals surface area contributed by atoms with Crippen molar-refractivity contribution >= 4 is 32.6 Å². The number of H-pyrrole nitrogens is 1. The summed E-state index contributed by atoms with van der Waals surface area (Å²) in [7, 11) is 0. The number of halogens is 2. The molecule has 1 aromatic heterocycles. The highest BCUT2D eigenvalue weighted by atomic mass is 79.9. The number of hydrogen-bond acceptors (Lipinski definition) is 1. The lowest BCUT2D eigenvalue weighted by Crippen LogP contribution is -2.06. The van der Waals surface area contributed by atoms with Crippen LogP contribution in [0.1, 0.15) is 20.7 Å². The number of para-hydroxylation sites is 1. The van der Waals surface area contributed by atoms with Crippen molar-refractivity contribution in [3.8, 4) is 0 Å². The van der Waals surface area contributed by atoms with Crippen molar-refractivity contribution < 1.29 is 9.18 Å². The Kier molecular flexibility index (Phi) is 3.40. The minimum absolute atomic E-state index is 0.0898. The summed E-state index contributed by atoms with van der Waals surface area (Å²) in [5.41, 5.74) is 2.13. The average molecular weight is 332 g/mol. The Balaban J connectivity index is 2.00. The van der Waals surface area contributed by atoms with Crippen LogP contribution in [-0.2, 0) is 0 Å². The van der Waals surface area contributed by atoms with Gasteiger partial charge in [0.1, 0.15) is 10.6 Å². The second-order valence-electron chi connectivity index (χ2n) is 4.53. The van der Waals surface area contributed by atoms with Crippen LogP contribution in [0.25, 0.3) is 10.9 Å². The van der Waals surface area contributed by atoms with Crippen LogP contribution in [0.5, 0.6) is 0 Å². The van der Waals surface area contributed by atoms with Crippen LogP contribution in [-0.4, -0.2) is 10.8 Å². The molecule has 3 rings (SSSR count). The number of ketones is 1. The Morgan fingerprint density at radius 3 is 2.75 bits per heavy atom. The SMILES string of the molecule is O=C(c1c[nH]c2ccccc12)C(Br)c1cccc(F)c1. The van der Waals surface area contributed by atoms with Crippen LogP contribution in [0.4, 0.5) is 4.39 Å². The lowest BCUT2D eigenvalue weighted by Gasteiger charge is -2.08. The van der Waals surface area contributed by atoms with E-state index in [-0.39, 0.29) is 11.6 Å². The quantitative estimate of drug-likeness (QED) is 0.551. The van der Waals surface area contributed by atoms with Gasteiger partial charge in [-0.1, -0.05) is 46.3 Å². The number of Topliss-reactive ketones (excluding diaryl/α,β-unsaturated/α-hetero) is 1. The molecule has 0 amide bonds. The number of alkyl halides is 1. The first-order chi connectivity index (χ1) is 9.66. The van der Waals surface area contributed by atoms with Crippen LogP contribution in [0, 0.1) is 5.82 Å². The van der Waals surface area contributed by atoms with Gasteiger partial charge in [-0.25, -0.2) is 4.39 Å². The fourth-order valence-corrected chi connectivity index (χ4v) is 2.76. The van der Waals surface area contributed by atoms with Crippen molar-refractivity contribution in [3.05, 3.63) is 71.7 Å². The molecular formula is C16H11BrFNO. The molecule has 1 N–H and O–H groups in total. The van der Waals surface area contributed by atoms with Gasteiger partial charge in [0.25, 0.3) is 0 Å². The molecule has 0 bridgehead atoms. The number of rotatable bonds is 3. The number of nitrogens with one attached hydrogen (secondary N) is 1. The zero-order valence-electron chi connectivity index (χ0n) is 10.4. The highest BCUT2D eigenvalue weighted by Crippen LogP contribution is 2.30. The topological polar surface area (TPSA) is 32.9 Å². The summed E-state index contributed by atoms with van der Waals surface area (Å²) < 4.78 is 13.2. The van der Waals surface area contributed by atoms with E-state index in [1.165, 1.54) is 12.1 Å². The predicted molar refractivity (Wildman–Crippen MR) is 80.7 cm³/mol. The van der Waals surface area contributed by atoms with Crippen molar-refractivity contribution in [2.24, 2.45) is 0 Å². The van der Waals surface area contributed by atoms with Crippen molar-refractivity contribution in [2.75, 3.05) is 0 Å². The Labute approximate surface area is 123 Å². The van der Waals surface area contributed by atoms with Gasteiger partial charge < -0.3 is 4.98 Å². The fourth-order valence-electron chi connectivity index (χ4n) is 2.23. The van der Waals surface area contributed by atoms with Crippen LogP contribution < -0.4 is 0 Å². The smallest absolute Gasteiger partial charge is 0.183 e. The third-order valence-corrected chi connectivity index (χ3v) is 4.17. The van der Waals surface area contributed by atoms with Gasteiger partial charge in [0, 0.05) is 22.7 Å². The Morgan fingerprint density at radius 2 is 1.95 bits per heavy atom. The summed E-state index contributed by atoms with van der Waals surface area (Å²) in [6.45, 7) is 0. The van der Waals surface area contributed by atoms with Gasteiger partial charge in [-0.15, -0.1) is 0 Å². The largest absolute Gasteiger partial charge is 0.360 e. The van der Waals surface area contributed by atoms with Crippen molar-refractivity contribution in [1.29, 1.82) is 0 Å². The average Bonchev–Trinajstić information content (AvgIpc) is 2.89. The maximum atomic E-state index is 13.2. The zero-order valence-corrected chi connectivity index (χ0v) is 12.0. The summed E-state index contributed by atoms with van der Waals surface area (Å²) >= 11 is 3.36. The fraction of sp³-hybridized carbons (Fsp3) is 0.0625. The van der Waals surface area contributed by atoms with Gasteiger partial charge in [-0.05, 0) is 23.8 Å². The van der Waals surface area contributed by atoms with Crippen molar-refractivity contribution in [3.63, 3.8) is 0 Å². The molecule has 2 aromatic carbocycles. The molecular weight excluding hydrogens is 321 g/mol. The van der Waals surface area contributed by atoms with Gasteiger partial charge in [-0.3, -0.25) is 4.79 Å². The number of carbonyl (C=O) groups is 1. The van der Waals surface area contributed by atoms with E-state index in [9.17, 15) is 9.18 Å². The van der Waals surface area contributed by atoms with E-state index in [0.717, 1.165) is 10.9 Å². The number of hydrogen-bond donors (Lipinski definition) is 1. The van der Waals surface area contributed by atoms with Gasteiger partial charge >= 0.3 is 0 Å². The number of fused-ring (bicyclic) bond motifs is 1. The van der Waals surface area contributed by atoms with E-state index in [1.54, 1.807) is 18.3 Å². The molecule has 0 saturated carbocycles. The molecule has 1 unspecified atom stereocenters. The summed E-state index contributed by atoms with van der Waals surface area (Å²) in [6, 6.07) is 13.7. The number of carbonyl (C=O) groups excluding carboxylic acids is 1. The highest BCUT2D eigenvalue weighted by molar-refractivity contribution is 9.09. The molecule has 1 heterocycles. The van der Waals surface area contributed by atoms with Gasteiger partial charge in [0.05, 0.1) is 0 Å². The van der Waals surface area contributed by atoms with Gasteiger partial charge in [0.2, 0.25) is 0 Å². The van der Waals surface area contributed by atoms with E-state index in [1.807, 2.05) is 24.3 Å². The maximum absolute atomic E-state index is 13.2. The summed E-state index contributed by atoms with van der Waals surface area (Å²) in [6.07, 6.45) is 1.69. The van der Waals surface area contributed by atoms with Crippen LogP contribution in [0.3, 0.4) is 0 Å². The summed E-state index contributed by atoms with van der Waals surface area (Å²) in [5, 5.41) is 0.873. The first-order valence-electron chi connectivity index (χ1n) is 6.16. The summed E-state index contributed by atoms with van der Waals surface area (Å²) in [5.74, 6) is -0.438.